The van der Waals surface area contributed by atoms with Gasteiger partial charge in [-0.25, -0.2) is 4.98 Å². The second-order valence-corrected chi connectivity index (χ2v) is 3.99. The molecule has 0 aliphatic carbocycles. The Labute approximate surface area is 100 Å². The summed E-state index contributed by atoms with van der Waals surface area (Å²) in [5, 5.41) is 0.882. The van der Waals surface area contributed by atoms with Crippen LogP contribution in [0.5, 0.6) is 11.5 Å². The summed E-state index contributed by atoms with van der Waals surface area (Å²) in [4.78, 5) is 4.54. The van der Waals surface area contributed by atoms with Crippen LogP contribution in [0.2, 0.25) is 0 Å². The first-order valence-electron chi connectivity index (χ1n) is 5.37. The van der Waals surface area contributed by atoms with Crippen LogP contribution < -0.4 is 15.2 Å². The lowest BCUT2D eigenvalue weighted by Crippen LogP contribution is -1.99. The van der Waals surface area contributed by atoms with Crippen molar-refractivity contribution in [2.24, 2.45) is 0 Å². The van der Waals surface area contributed by atoms with Crippen molar-refractivity contribution in [1.82, 2.24) is 4.98 Å². The zero-order valence-corrected chi connectivity index (χ0v) is 10.5. The van der Waals surface area contributed by atoms with Gasteiger partial charge in [-0.2, -0.15) is 0 Å². The minimum atomic E-state index is 0.557. The maximum absolute atomic E-state index is 5.93. The van der Waals surface area contributed by atoms with Crippen molar-refractivity contribution in [3.8, 4) is 11.5 Å². The fourth-order valence-electron chi connectivity index (χ4n) is 1.88. The molecule has 2 N–H and O–H groups in total. The fraction of sp³-hybridized carbons (Fsp3) is 0.308. The summed E-state index contributed by atoms with van der Waals surface area (Å²) in [6, 6.07) is 3.76. The number of anilines is 1. The van der Waals surface area contributed by atoms with Crippen molar-refractivity contribution in [2.45, 2.75) is 13.8 Å². The van der Waals surface area contributed by atoms with E-state index in [0.717, 1.165) is 22.2 Å². The molecule has 0 fully saturated rings. The fourth-order valence-corrected chi connectivity index (χ4v) is 1.88. The molecule has 17 heavy (non-hydrogen) atoms. The largest absolute Gasteiger partial charge is 0.494 e. The average molecular weight is 232 g/mol. The van der Waals surface area contributed by atoms with E-state index in [1.807, 2.05) is 19.9 Å². The molecular weight excluding hydrogens is 216 g/mol. The summed E-state index contributed by atoms with van der Waals surface area (Å²) in [6.07, 6.45) is 0. The highest BCUT2D eigenvalue weighted by atomic mass is 16.5. The molecule has 0 atom stereocenters. The number of nitrogens with two attached hydrogens (primary N) is 1. The molecule has 1 aromatic carbocycles. The molecule has 4 heteroatoms. The number of aromatic nitrogens is 1. The first-order valence-corrected chi connectivity index (χ1v) is 5.37. The van der Waals surface area contributed by atoms with Gasteiger partial charge in [0.25, 0.3) is 0 Å². The van der Waals surface area contributed by atoms with Crippen LogP contribution in [0.3, 0.4) is 0 Å². The number of hydrogen-bond acceptors (Lipinski definition) is 4. The molecule has 0 spiro atoms. The third-order valence-electron chi connectivity index (χ3n) is 2.92. The predicted molar refractivity (Wildman–Crippen MR) is 68.7 cm³/mol. The molecule has 1 aromatic heterocycles. The van der Waals surface area contributed by atoms with E-state index in [4.69, 9.17) is 15.2 Å². The molecule has 0 saturated heterocycles. The lowest BCUT2D eigenvalue weighted by atomic mass is 10.1. The summed E-state index contributed by atoms with van der Waals surface area (Å²) < 4.78 is 10.6. The van der Waals surface area contributed by atoms with Gasteiger partial charge in [0.1, 0.15) is 11.3 Å². The Kier molecular flexibility index (Phi) is 2.79. The Bertz CT molecular complexity index is 579. The van der Waals surface area contributed by atoms with Gasteiger partial charge in [-0.1, -0.05) is 0 Å². The van der Waals surface area contributed by atoms with E-state index >= 15 is 0 Å². The highest BCUT2D eigenvalue weighted by molar-refractivity contribution is 5.95. The molecule has 0 unspecified atom stereocenters. The molecule has 0 saturated carbocycles. The van der Waals surface area contributed by atoms with Gasteiger partial charge in [-0.3, -0.25) is 0 Å². The number of pyridine rings is 1. The quantitative estimate of drug-likeness (QED) is 0.808. The van der Waals surface area contributed by atoms with Gasteiger partial charge >= 0.3 is 0 Å². The topological polar surface area (TPSA) is 57.4 Å². The number of aryl methyl sites for hydroxylation is 2. The summed E-state index contributed by atoms with van der Waals surface area (Å²) >= 11 is 0. The highest BCUT2D eigenvalue weighted by Crippen LogP contribution is 2.37. The Balaban J connectivity index is 2.92. The second-order valence-electron chi connectivity index (χ2n) is 3.99. The van der Waals surface area contributed by atoms with Crippen molar-refractivity contribution >= 4 is 16.6 Å². The second kappa shape index (κ2) is 4.13. The van der Waals surface area contributed by atoms with Crippen LogP contribution in [0.25, 0.3) is 10.9 Å². The molecule has 0 radical (unpaired) electrons. The van der Waals surface area contributed by atoms with E-state index in [2.05, 4.69) is 4.98 Å². The first kappa shape index (κ1) is 11.5. The number of methoxy groups -OCH3 is 2. The van der Waals surface area contributed by atoms with Crippen molar-refractivity contribution in [3.05, 3.63) is 23.4 Å². The lowest BCUT2D eigenvalue weighted by molar-refractivity contribution is 0.411. The Morgan fingerprint density at radius 3 is 2.41 bits per heavy atom. The van der Waals surface area contributed by atoms with Gasteiger partial charge in [0.05, 0.1) is 19.9 Å². The van der Waals surface area contributed by atoms with Gasteiger partial charge in [0.2, 0.25) is 0 Å². The van der Waals surface area contributed by atoms with Crippen LogP contribution >= 0.6 is 0 Å². The molecule has 4 nitrogen and oxygen atoms in total. The molecule has 2 rings (SSSR count). The van der Waals surface area contributed by atoms with Gasteiger partial charge in [-0.15, -0.1) is 0 Å². The molecule has 90 valence electrons. The lowest BCUT2D eigenvalue weighted by Gasteiger charge is -2.13. The van der Waals surface area contributed by atoms with E-state index < -0.39 is 0 Å². The normalized spacial score (nSPS) is 10.6. The minimum absolute atomic E-state index is 0.557. The molecule has 0 amide bonds. The maximum atomic E-state index is 5.93. The Hall–Kier alpha value is -1.97. The van der Waals surface area contributed by atoms with E-state index in [9.17, 15) is 0 Å². The summed E-state index contributed by atoms with van der Waals surface area (Å²) in [7, 11) is 3.21. The van der Waals surface area contributed by atoms with Crippen LogP contribution in [-0.4, -0.2) is 19.2 Å². The standard InChI is InChI=1S/C13H16N2O2/c1-7-5-9-12(15-8(7)2)11(16-3)6-10(14)13(9)17-4/h5-6H,14H2,1-4H3. The maximum Gasteiger partial charge on any atom is 0.151 e. The summed E-state index contributed by atoms with van der Waals surface area (Å²) in [5.74, 6) is 1.32. The van der Waals surface area contributed by atoms with Crippen molar-refractivity contribution in [1.29, 1.82) is 0 Å². The first-order chi connectivity index (χ1) is 8.08. The number of benzene rings is 1. The van der Waals surface area contributed by atoms with Crippen LogP contribution in [-0.2, 0) is 0 Å². The van der Waals surface area contributed by atoms with Gasteiger partial charge in [0, 0.05) is 17.1 Å². The monoisotopic (exact) mass is 232 g/mol. The number of fused-ring (bicyclic) bond motifs is 1. The Morgan fingerprint density at radius 1 is 1.12 bits per heavy atom. The molecular formula is C13H16N2O2. The Morgan fingerprint density at radius 2 is 1.82 bits per heavy atom. The SMILES string of the molecule is COc1c(N)cc(OC)c2nc(C)c(C)cc12. The average Bonchev–Trinajstić information content (AvgIpc) is 2.30. The van der Waals surface area contributed by atoms with Gasteiger partial charge in [0.15, 0.2) is 5.75 Å². The number of rotatable bonds is 2. The zero-order chi connectivity index (χ0) is 12.6. The number of ether oxygens (including phenoxy) is 2. The number of nitrogens with zero attached hydrogens (tertiary/aromatic N) is 1. The van der Waals surface area contributed by atoms with Gasteiger partial charge < -0.3 is 15.2 Å². The summed E-state index contributed by atoms with van der Waals surface area (Å²) in [5.41, 5.74) is 9.34. The smallest absolute Gasteiger partial charge is 0.151 e. The number of hydrogen-bond donors (Lipinski definition) is 1. The highest BCUT2D eigenvalue weighted by Gasteiger charge is 2.13. The minimum Gasteiger partial charge on any atom is -0.494 e. The van der Waals surface area contributed by atoms with E-state index in [1.54, 1.807) is 20.3 Å². The third kappa shape index (κ3) is 1.75. The van der Waals surface area contributed by atoms with E-state index in [-0.39, 0.29) is 0 Å². The van der Waals surface area contributed by atoms with E-state index in [0.29, 0.717) is 17.2 Å². The molecule has 1 heterocycles. The summed E-state index contributed by atoms with van der Waals surface area (Å²) in [6.45, 7) is 3.98. The van der Waals surface area contributed by atoms with Gasteiger partial charge in [-0.05, 0) is 25.5 Å². The van der Waals surface area contributed by atoms with Crippen LogP contribution in [0.1, 0.15) is 11.3 Å². The van der Waals surface area contributed by atoms with Crippen molar-refractivity contribution in [2.75, 3.05) is 20.0 Å². The van der Waals surface area contributed by atoms with E-state index in [1.165, 1.54) is 0 Å². The zero-order valence-electron chi connectivity index (χ0n) is 10.5. The van der Waals surface area contributed by atoms with Crippen LogP contribution in [0.4, 0.5) is 5.69 Å². The number of nitrogen functional groups attached to an aromatic ring is 1. The molecule has 0 bridgehead atoms. The van der Waals surface area contributed by atoms with Crippen molar-refractivity contribution < 1.29 is 9.47 Å². The van der Waals surface area contributed by atoms with Crippen molar-refractivity contribution in [3.63, 3.8) is 0 Å². The predicted octanol–water partition coefficient (Wildman–Crippen LogP) is 2.45. The van der Waals surface area contributed by atoms with Crippen LogP contribution in [0.15, 0.2) is 12.1 Å². The molecule has 2 aromatic rings. The van der Waals surface area contributed by atoms with Crippen LogP contribution in [0, 0.1) is 13.8 Å². The molecule has 0 aliphatic heterocycles. The third-order valence-corrected chi connectivity index (χ3v) is 2.92. The molecule has 0 aliphatic rings.